The fourth-order valence-corrected chi connectivity index (χ4v) is 3.18. The van der Waals surface area contributed by atoms with Gasteiger partial charge in [0, 0.05) is 0 Å². The Balaban J connectivity index is 1.98. The number of rotatable bonds is 8. The maximum absolute atomic E-state index is 11.3. The van der Waals surface area contributed by atoms with E-state index in [0.29, 0.717) is 12.2 Å². The molecule has 24 heavy (non-hydrogen) atoms. The minimum absolute atomic E-state index is 0.566. The molecule has 132 valence electrons. The predicted octanol–water partition coefficient (Wildman–Crippen LogP) is 5.84. The summed E-state index contributed by atoms with van der Waals surface area (Å²) >= 11 is 0. The highest BCUT2D eigenvalue weighted by molar-refractivity contribution is 5.72. The average molecular weight is 330 g/mol. The van der Waals surface area contributed by atoms with Gasteiger partial charge in [-0.15, -0.1) is 0 Å². The van der Waals surface area contributed by atoms with Crippen molar-refractivity contribution >= 4 is 11.5 Å². The first-order chi connectivity index (χ1) is 11.7. The van der Waals surface area contributed by atoms with E-state index in [2.05, 4.69) is 25.1 Å². The molecule has 0 amide bonds. The normalized spacial score (nSPS) is 18.8. The van der Waals surface area contributed by atoms with Crippen molar-refractivity contribution < 1.29 is 14.6 Å². The van der Waals surface area contributed by atoms with Gasteiger partial charge in [0.25, 0.3) is 0 Å². The molecule has 1 unspecified atom stereocenters. The van der Waals surface area contributed by atoms with Crippen molar-refractivity contribution in [3.63, 3.8) is 0 Å². The largest absolute Gasteiger partial charge is 0.479 e. The summed E-state index contributed by atoms with van der Waals surface area (Å²) in [4.78, 5) is 11.3. The lowest BCUT2D eigenvalue weighted by Crippen LogP contribution is -2.26. The van der Waals surface area contributed by atoms with Crippen LogP contribution in [0.4, 0.5) is 0 Å². The highest BCUT2D eigenvalue weighted by Gasteiger charge is 2.18. The highest BCUT2D eigenvalue weighted by atomic mass is 16.5. The molecule has 0 aliphatic heterocycles. The van der Waals surface area contributed by atoms with Crippen LogP contribution in [0, 0.1) is 0 Å². The second-order valence-electron chi connectivity index (χ2n) is 6.65. The van der Waals surface area contributed by atoms with E-state index in [1.54, 1.807) is 0 Å². The van der Waals surface area contributed by atoms with Gasteiger partial charge in [0.15, 0.2) is 6.10 Å². The molecule has 1 aromatic rings. The van der Waals surface area contributed by atoms with Crippen molar-refractivity contribution in [2.75, 3.05) is 0 Å². The smallest absolute Gasteiger partial charge is 0.344 e. The van der Waals surface area contributed by atoms with Crippen molar-refractivity contribution in [2.24, 2.45) is 0 Å². The van der Waals surface area contributed by atoms with Gasteiger partial charge in [-0.3, -0.25) is 0 Å². The lowest BCUT2D eigenvalue weighted by molar-refractivity contribution is -0.145. The molecular formula is C21H30O3. The van der Waals surface area contributed by atoms with Crippen LogP contribution in [0.5, 0.6) is 5.75 Å². The second kappa shape index (κ2) is 10.2. The van der Waals surface area contributed by atoms with E-state index in [4.69, 9.17) is 4.74 Å². The monoisotopic (exact) mass is 330 g/mol. The molecule has 2 rings (SSSR count). The summed E-state index contributed by atoms with van der Waals surface area (Å²) in [6.45, 7) is 2.11. The molecule has 0 heterocycles. The first-order valence-corrected chi connectivity index (χ1v) is 9.39. The topological polar surface area (TPSA) is 46.5 Å². The number of hydrogen-bond donors (Lipinski definition) is 1. The van der Waals surface area contributed by atoms with Crippen LogP contribution in [-0.2, 0) is 4.79 Å². The van der Waals surface area contributed by atoms with E-state index in [1.807, 2.05) is 12.1 Å². The summed E-state index contributed by atoms with van der Waals surface area (Å²) in [6.07, 6.45) is 12.7. The first kappa shape index (κ1) is 18.6. The Kier molecular flexibility index (Phi) is 7.87. The molecule has 1 atom stereocenters. The summed E-state index contributed by atoms with van der Waals surface area (Å²) in [5.74, 6) is -0.230. The van der Waals surface area contributed by atoms with Gasteiger partial charge in [0.1, 0.15) is 5.75 Å². The SMILES string of the molecule is CCCCCC(Oc1ccc(/C2=C/CCCCCC2)cc1)C(=O)O. The molecule has 1 aromatic carbocycles. The van der Waals surface area contributed by atoms with Gasteiger partial charge in [-0.1, -0.05) is 50.8 Å². The molecule has 0 saturated heterocycles. The third-order valence-corrected chi connectivity index (χ3v) is 4.64. The standard InChI is InChI=1S/C21H30O3/c1-2-3-7-12-20(21(22)23)24-19-15-13-18(14-16-19)17-10-8-5-4-6-9-11-17/h10,13-16,20H,2-9,11-12H2,1H3,(H,22,23)/b17-10+. The molecule has 3 nitrogen and oxygen atoms in total. The van der Waals surface area contributed by atoms with Crippen molar-refractivity contribution in [3.05, 3.63) is 35.9 Å². The Morgan fingerprint density at radius 2 is 1.88 bits per heavy atom. The molecule has 0 saturated carbocycles. The Morgan fingerprint density at radius 3 is 2.58 bits per heavy atom. The molecule has 0 bridgehead atoms. The van der Waals surface area contributed by atoms with E-state index in [1.165, 1.54) is 36.8 Å². The van der Waals surface area contributed by atoms with Gasteiger partial charge in [-0.25, -0.2) is 4.79 Å². The van der Waals surface area contributed by atoms with Crippen LogP contribution in [-0.4, -0.2) is 17.2 Å². The Morgan fingerprint density at radius 1 is 1.12 bits per heavy atom. The van der Waals surface area contributed by atoms with Gasteiger partial charge in [0.05, 0.1) is 0 Å². The fraction of sp³-hybridized carbons (Fsp3) is 0.571. The van der Waals surface area contributed by atoms with Crippen LogP contribution in [0.3, 0.4) is 0 Å². The van der Waals surface area contributed by atoms with E-state index in [0.717, 1.165) is 32.1 Å². The predicted molar refractivity (Wildman–Crippen MR) is 98.3 cm³/mol. The van der Waals surface area contributed by atoms with Crippen LogP contribution in [0.15, 0.2) is 30.3 Å². The third kappa shape index (κ3) is 6.03. The zero-order valence-electron chi connectivity index (χ0n) is 14.8. The van der Waals surface area contributed by atoms with Crippen LogP contribution < -0.4 is 4.74 Å². The number of carboxylic acids is 1. The summed E-state index contributed by atoms with van der Waals surface area (Å²) in [5.41, 5.74) is 2.65. The number of carboxylic acid groups (broad SMARTS) is 1. The van der Waals surface area contributed by atoms with Crippen LogP contribution in [0.25, 0.3) is 5.57 Å². The Labute approximate surface area is 145 Å². The Bertz CT molecular complexity index is 531. The number of unbranched alkanes of at least 4 members (excludes halogenated alkanes) is 2. The molecule has 1 N–H and O–H groups in total. The molecule has 1 aliphatic rings. The van der Waals surface area contributed by atoms with Gasteiger partial charge in [-0.05, 0) is 61.8 Å². The van der Waals surface area contributed by atoms with Gasteiger partial charge < -0.3 is 9.84 Å². The summed E-state index contributed by atoms with van der Waals surface area (Å²) in [7, 11) is 0. The molecule has 0 spiro atoms. The number of hydrogen-bond acceptors (Lipinski definition) is 2. The number of ether oxygens (including phenoxy) is 1. The average Bonchev–Trinajstić information content (AvgIpc) is 2.54. The molecule has 0 radical (unpaired) electrons. The van der Waals surface area contributed by atoms with Crippen molar-refractivity contribution in [1.29, 1.82) is 0 Å². The number of aliphatic carboxylic acids is 1. The summed E-state index contributed by atoms with van der Waals surface area (Å²) < 4.78 is 5.69. The van der Waals surface area contributed by atoms with Crippen LogP contribution in [0.1, 0.15) is 76.7 Å². The van der Waals surface area contributed by atoms with E-state index in [9.17, 15) is 9.90 Å². The van der Waals surface area contributed by atoms with Gasteiger partial charge in [-0.2, -0.15) is 0 Å². The molecule has 0 aromatic heterocycles. The van der Waals surface area contributed by atoms with E-state index in [-0.39, 0.29) is 0 Å². The quantitative estimate of drug-likeness (QED) is 0.609. The molecule has 1 aliphatic carbocycles. The zero-order chi connectivity index (χ0) is 17.2. The van der Waals surface area contributed by atoms with Gasteiger partial charge >= 0.3 is 5.97 Å². The number of allylic oxidation sites excluding steroid dienone is 2. The number of benzene rings is 1. The molecular weight excluding hydrogens is 300 g/mol. The minimum atomic E-state index is -0.877. The lowest BCUT2D eigenvalue weighted by atomic mass is 9.95. The zero-order valence-corrected chi connectivity index (χ0v) is 14.8. The fourth-order valence-electron chi connectivity index (χ4n) is 3.18. The van der Waals surface area contributed by atoms with Crippen molar-refractivity contribution in [2.45, 2.75) is 77.2 Å². The Hall–Kier alpha value is -1.77. The van der Waals surface area contributed by atoms with E-state index >= 15 is 0 Å². The molecule has 0 fully saturated rings. The first-order valence-electron chi connectivity index (χ1n) is 9.39. The maximum atomic E-state index is 11.3. The maximum Gasteiger partial charge on any atom is 0.344 e. The third-order valence-electron chi connectivity index (χ3n) is 4.64. The minimum Gasteiger partial charge on any atom is -0.479 e. The highest BCUT2D eigenvalue weighted by Crippen LogP contribution is 2.27. The van der Waals surface area contributed by atoms with Gasteiger partial charge in [0.2, 0.25) is 0 Å². The van der Waals surface area contributed by atoms with Crippen LogP contribution in [0.2, 0.25) is 0 Å². The number of carbonyl (C=O) groups is 1. The molecule has 3 heteroatoms. The lowest BCUT2D eigenvalue weighted by Gasteiger charge is -2.16. The van der Waals surface area contributed by atoms with Crippen molar-refractivity contribution in [3.8, 4) is 5.75 Å². The van der Waals surface area contributed by atoms with Crippen molar-refractivity contribution in [1.82, 2.24) is 0 Å². The summed E-state index contributed by atoms with van der Waals surface area (Å²) in [6, 6.07) is 7.94. The van der Waals surface area contributed by atoms with Crippen LogP contribution >= 0.6 is 0 Å². The second-order valence-corrected chi connectivity index (χ2v) is 6.65. The summed E-state index contributed by atoms with van der Waals surface area (Å²) in [5, 5.41) is 9.32. The van der Waals surface area contributed by atoms with E-state index < -0.39 is 12.1 Å².